The number of piperidine rings is 1. The van der Waals surface area contributed by atoms with Gasteiger partial charge in [0.25, 0.3) is 0 Å². The smallest absolute Gasteiger partial charge is 0.314 e. The van der Waals surface area contributed by atoms with Crippen LogP contribution in [0.5, 0.6) is 0 Å². The summed E-state index contributed by atoms with van der Waals surface area (Å²) in [5.74, 6) is 0.0219. The van der Waals surface area contributed by atoms with Gasteiger partial charge in [-0.05, 0) is 31.9 Å². The van der Waals surface area contributed by atoms with Crippen LogP contribution in [0.1, 0.15) is 25.3 Å². The summed E-state index contributed by atoms with van der Waals surface area (Å²) in [6, 6.07) is 7.96. The number of hydrogen-bond donors (Lipinski definition) is 1. The van der Waals surface area contributed by atoms with Crippen molar-refractivity contribution >= 4 is 17.6 Å². The third-order valence-electron chi connectivity index (χ3n) is 3.58. The Morgan fingerprint density at radius 2 is 2.37 bits per heavy atom. The molecule has 0 radical (unpaired) electrons. The quantitative estimate of drug-likeness (QED) is 0.852. The largest absolute Gasteiger partial charge is 0.466 e. The maximum atomic E-state index is 11.8. The molecule has 1 aromatic carbocycles. The fraction of sp³-hybridized carbons (Fsp3) is 0.533. The van der Waals surface area contributed by atoms with Gasteiger partial charge in [0.2, 0.25) is 0 Å². The number of nitrogens with one attached hydrogen (secondary N) is 1. The van der Waals surface area contributed by atoms with Crippen molar-refractivity contribution in [2.45, 2.75) is 26.3 Å². The van der Waals surface area contributed by atoms with Gasteiger partial charge in [-0.25, -0.2) is 0 Å². The van der Waals surface area contributed by atoms with E-state index in [1.807, 2.05) is 25.1 Å². The van der Waals surface area contributed by atoms with Gasteiger partial charge >= 0.3 is 5.97 Å². The molecule has 1 saturated heterocycles. The second kappa shape index (κ2) is 6.92. The van der Waals surface area contributed by atoms with E-state index in [0.717, 1.165) is 37.5 Å². The molecule has 0 aromatic heterocycles. The van der Waals surface area contributed by atoms with E-state index in [1.54, 1.807) is 0 Å². The lowest BCUT2D eigenvalue weighted by Gasteiger charge is -2.28. The normalized spacial score (nSPS) is 23.1. The minimum atomic E-state index is -0.0363. The Kier molecular flexibility index (Phi) is 5.23. The Morgan fingerprint density at radius 3 is 3.11 bits per heavy atom. The number of esters is 1. The van der Waals surface area contributed by atoms with Crippen molar-refractivity contribution in [1.82, 2.24) is 0 Å². The van der Waals surface area contributed by atoms with E-state index in [4.69, 9.17) is 16.3 Å². The van der Waals surface area contributed by atoms with Crippen molar-refractivity contribution in [2.24, 2.45) is 5.92 Å². The van der Waals surface area contributed by atoms with Gasteiger partial charge in [0.15, 0.2) is 0 Å². The summed E-state index contributed by atoms with van der Waals surface area (Å²) in [4.78, 5) is 13.2. The highest BCUT2D eigenvalue weighted by Crippen LogP contribution is 2.12. The van der Waals surface area contributed by atoms with Crippen molar-refractivity contribution in [3.63, 3.8) is 0 Å². The maximum absolute atomic E-state index is 11.8. The van der Waals surface area contributed by atoms with Gasteiger partial charge in [-0.2, -0.15) is 0 Å². The maximum Gasteiger partial charge on any atom is 0.314 e. The Labute approximate surface area is 119 Å². The van der Waals surface area contributed by atoms with Crippen molar-refractivity contribution in [1.29, 1.82) is 0 Å². The molecule has 19 heavy (non-hydrogen) atoms. The first-order valence-corrected chi connectivity index (χ1v) is 7.31. The van der Waals surface area contributed by atoms with Crippen LogP contribution in [0.2, 0.25) is 5.02 Å². The first-order valence-electron chi connectivity index (χ1n) is 6.93. The lowest BCUT2D eigenvalue weighted by atomic mass is 9.98. The van der Waals surface area contributed by atoms with Gasteiger partial charge in [-0.1, -0.05) is 23.7 Å². The lowest BCUT2D eigenvalue weighted by molar-refractivity contribution is -0.921. The van der Waals surface area contributed by atoms with E-state index in [2.05, 4.69) is 6.07 Å². The van der Waals surface area contributed by atoms with E-state index in [9.17, 15) is 4.79 Å². The summed E-state index contributed by atoms with van der Waals surface area (Å²) in [6.45, 7) is 5.24. The van der Waals surface area contributed by atoms with E-state index < -0.39 is 0 Å². The van der Waals surface area contributed by atoms with Gasteiger partial charge in [-0.3, -0.25) is 4.79 Å². The standard InChI is InChI=1S/C15H20ClNO2/c1-2-19-15(18)13-6-4-8-17(11-13)10-12-5-3-7-14(16)9-12/h3,5,7,9,13H,2,4,6,8,10-11H2,1H3/p+1. The molecular weight excluding hydrogens is 262 g/mol. The molecule has 0 saturated carbocycles. The predicted octanol–water partition coefficient (Wildman–Crippen LogP) is 1.70. The number of hydrogen-bond acceptors (Lipinski definition) is 2. The molecule has 0 amide bonds. The van der Waals surface area contributed by atoms with Crippen molar-refractivity contribution in [2.75, 3.05) is 19.7 Å². The van der Waals surface area contributed by atoms with Crippen LogP contribution in [0.3, 0.4) is 0 Å². The van der Waals surface area contributed by atoms with Gasteiger partial charge in [-0.15, -0.1) is 0 Å². The molecule has 1 heterocycles. The van der Waals surface area contributed by atoms with Crippen LogP contribution in [-0.2, 0) is 16.1 Å². The zero-order valence-corrected chi connectivity index (χ0v) is 12.1. The monoisotopic (exact) mass is 282 g/mol. The van der Waals surface area contributed by atoms with Crippen LogP contribution >= 0.6 is 11.6 Å². The summed E-state index contributed by atoms with van der Waals surface area (Å²) >= 11 is 6.00. The fourth-order valence-corrected chi connectivity index (χ4v) is 2.92. The van der Waals surface area contributed by atoms with Gasteiger partial charge in [0, 0.05) is 10.6 Å². The molecule has 0 aliphatic carbocycles. The van der Waals surface area contributed by atoms with Crippen LogP contribution in [0.15, 0.2) is 24.3 Å². The third kappa shape index (κ3) is 4.22. The molecule has 1 N–H and O–H groups in total. The SMILES string of the molecule is CCOC(=O)C1CCC[NH+](Cc2cccc(Cl)c2)C1. The van der Waals surface area contributed by atoms with Gasteiger partial charge in [0.05, 0.1) is 19.7 Å². The molecule has 2 unspecified atom stereocenters. The number of halogens is 1. The molecule has 1 aromatic rings. The number of carbonyl (C=O) groups is 1. The third-order valence-corrected chi connectivity index (χ3v) is 3.82. The number of likely N-dealkylation sites (tertiary alicyclic amines) is 1. The molecule has 4 heteroatoms. The molecule has 0 bridgehead atoms. The zero-order valence-electron chi connectivity index (χ0n) is 11.3. The summed E-state index contributed by atoms with van der Waals surface area (Å²) in [7, 11) is 0. The summed E-state index contributed by atoms with van der Waals surface area (Å²) in [5.41, 5.74) is 1.23. The Morgan fingerprint density at radius 1 is 1.53 bits per heavy atom. The molecule has 1 aliphatic rings. The highest BCUT2D eigenvalue weighted by molar-refractivity contribution is 6.30. The first-order chi connectivity index (χ1) is 9.19. The molecule has 0 spiro atoms. The molecule has 2 rings (SSSR count). The van der Waals surface area contributed by atoms with Crippen molar-refractivity contribution in [3.8, 4) is 0 Å². The number of quaternary nitrogens is 1. The van der Waals surface area contributed by atoms with Gasteiger partial charge in [0.1, 0.15) is 12.5 Å². The molecule has 3 nitrogen and oxygen atoms in total. The minimum absolute atomic E-state index is 0.0363. The molecular formula is C15H21ClNO2+. The summed E-state index contributed by atoms with van der Waals surface area (Å²) in [6.07, 6.45) is 2.04. The predicted molar refractivity (Wildman–Crippen MR) is 75.2 cm³/mol. The Balaban J connectivity index is 1.92. The van der Waals surface area contributed by atoms with Crippen LogP contribution in [0.25, 0.3) is 0 Å². The Bertz CT molecular complexity index is 436. The van der Waals surface area contributed by atoms with Crippen LogP contribution < -0.4 is 4.90 Å². The van der Waals surface area contributed by atoms with Crippen molar-refractivity contribution < 1.29 is 14.4 Å². The number of rotatable bonds is 4. The van der Waals surface area contributed by atoms with Crippen LogP contribution in [0.4, 0.5) is 0 Å². The zero-order chi connectivity index (χ0) is 13.7. The van der Waals surface area contributed by atoms with Crippen molar-refractivity contribution in [3.05, 3.63) is 34.9 Å². The Hall–Kier alpha value is -1.06. The summed E-state index contributed by atoms with van der Waals surface area (Å²) in [5, 5.41) is 0.774. The first kappa shape index (κ1) is 14.4. The van der Waals surface area contributed by atoms with E-state index in [1.165, 1.54) is 10.5 Å². The average molecular weight is 283 g/mol. The lowest BCUT2D eigenvalue weighted by Crippen LogP contribution is -3.12. The summed E-state index contributed by atoms with van der Waals surface area (Å²) < 4.78 is 5.13. The molecule has 104 valence electrons. The number of ether oxygens (including phenoxy) is 1. The molecule has 2 atom stereocenters. The van der Waals surface area contributed by atoms with E-state index in [-0.39, 0.29) is 11.9 Å². The van der Waals surface area contributed by atoms with Crippen LogP contribution in [-0.4, -0.2) is 25.7 Å². The highest BCUT2D eigenvalue weighted by Gasteiger charge is 2.29. The number of benzene rings is 1. The molecule has 1 aliphatic heterocycles. The fourth-order valence-electron chi connectivity index (χ4n) is 2.71. The van der Waals surface area contributed by atoms with E-state index in [0.29, 0.717) is 6.61 Å². The minimum Gasteiger partial charge on any atom is -0.466 e. The molecule has 1 fully saturated rings. The van der Waals surface area contributed by atoms with Gasteiger partial charge < -0.3 is 9.64 Å². The van der Waals surface area contributed by atoms with E-state index >= 15 is 0 Å². The second-order valence-electron chi connectivity index (χ2n) is 5.10. The highest BCUT2D eigenvalue weighted by atomic mass is 35.5. The average Bonchev–Trinajstić information content (AvgIpc) is 2.39. The van der Waals surface area contributed by atoms with Crippen LogP contribution in [0, 0.1) is 5.92 Å². The second-order valence-corrected chi connectivity index (χ2v) is 5.54. The number of carbonyl (C=O) groups excluding carboxylic acids is 1. The topological polar surface area (TPSA) is 30.7 Å².